The van der Waals surface area contributed by atoms with Gasteiger partial charge in [0.05, 0.1) is 0 Å². The molecule has 1 aromatic rings. The lowest BCUT2D eigenvalue weighted by atomic mass is 9.77. The fourth-order valence-corrected chi connectivity index (χ4v) is 2.56. The van der Waals surface area contributed by atoms with E-state index in [1.54, 1.807) is 0 Å². The van der Waals surface area contributed by atoms with Crippen LogP contribution in [0.25, 0.3) is 0 Å². The van der Waals surface area contributed by atoms with E-state index in [4.69, 9.17) is 0 Å². The largest absolute Gasteiger partial charge is 0.384 e. The third-order valence-electron chi connectivity index (χ3n) is 3.57. The molecule has 0 bridgehead atoms. The van der Waals surface area contributed by atoms with Gasteiger partial charge in [-0.15, -0.1) is 0 Å². The summed E-state index contributed by atoms with van der Waals surface area (Å²) in [4.78, 5) is 0. The summed E-state index contributed by atoms with van der Waals surface area (Å²) in [6.45, 7) is 4.06. The Balaban J connectivity index is 2.37. The van der Waals surface area contributed by atoms with E-state index in [1.165, 1.54) is 0 Å². The molecule has 0 spiro atoms. The zero-order valence-corrected chi connectivity index (χ0v) is 11.0. The standard InChI is InChI=1S/C15H17F3O/c1-15(2)7-3-4-9(8-15)14(19)10-5-6-11(16)13(18)12(10)17/h5-6,8,14,19H,3-4,7H2,1-2H3. The molecule has 0 saturated heterocycles. The fourth-order valence-electron chi connectivity index (χ4n) is 2.56. The lowest BCUT2D eigenvalue weighted by Crippen LogP contribution is -2.17. The number of benzene rings is 1. The second-order valence-electron chi connectivity index (χ2n) is 5.73. The van der Waals surface area contributed by atoms with Crippen LogP contribution in [-0.4, -0.2) is 5.11 Å². The van der Waals surface area contributed by atoms with E-state index in [9.17, 15) is 18.3 Å². The molecule has 104 valence electrons. The zero-order valence-electron chi connectivity index (χ0n) is 11.0. The van der Waals surface area contributed by atoms with Crippen LogP contribution in [0.4, 0.5) is 13.2 Å². The lowest BCUT2D eigenvalue weighted by molar-refractivity contribution is 0.195. The molecule has 19 heavy (non-hydrogen) atoms. The first-order chi connectivity index (χ1) is 8.82. The van der Waals surface area contributed by atoms with E-state index in [-0.39, 0.29) is 11.0 Å². The van der Waals surface area contributed by atoms with Gasteiger partial charge in [0.25, 0.3) is 0 Å². The van der Waals surface area contributed by atoms with Crippen molar-refractivity contribution in [3.8, 4) is 0 Å². The Kier molecular flexibility index (Phi) is 3.72. The van der Waals surface area contributed by atoms with Crippen LogP contribution in [0.2, 0.25) is 0 Å². The van der Waals surface area contributed by atoms with Gasteiger partial charge in [0.15, 0.2) is 17.5 Å². The summed E-state index contributed by atoms with van der Waals surface area (Å²) in [5.74, 6) is -4.09. The molecule has 1 nitrogen and oxygen atoms in total. The topological polar surface area (TPSA) is 20.2 Å². The Morgan fingerprint density at radius 2 is 1.84 bits per heavy atom. The maximum atomic E-state index is 13.7. The summed E-state index contributed by atoms with van der Waals surface area (Å²) in [5.41, 5.74) is 0.396. The first-order valence-corrected chi connectivity index (χ1v) is 6.35. The summed E-state index contributed by atoms with van der Waals surface area (Å²) in [6, 6.07) is 1.94. The number of hydrogen-bond donors (Lipinski definition) is 1. The highest BCUT2D eigenvalue weighted by molar-refractivity contribution is 5.30. The highest BCUT2D eigenvalue weighted by Gasteiger charge is 2.27. The van der Waals surface area contributed by atoms with Gasteiger partial charge in [-0.25, -0.2) is 13.2 Å². The molecule has 0 heterocycles. The molecule has 0 amide bonds. The summed E-state index contributed by atoms with van der Waals surface area (Å²) in [5, 5.41) is 10.2. The van der Waals surface area contributed by atoms with E-state index in [0.29, 0.717) is 12.0 Å². The molecule has 0 fully saturated rings. The number of hydrogen-bond acceptors (Lipinski definition) is 1. The van der Waals surface area contributed by atoms with Crippen LogP contribution in [-0.2, 0) is 0 Å². The zero-order chi connectivity index (χ0) is 14.2. The molecule has 0 saturated carbocycles. The predicted molar refractivity (Wildman–Crippen MR) is 67.0 cm³/mol. The third-order valence-corrected chi connectivity index (χ3v) is 3.57. The normalized spacial score (nSPS) is 20.0. The molecular formula is C15H17F3O. The van der Waals surface area contributed by atoms with Crippen molar-refractivity contribution in [1.82, 2.24) is 0 Å². The second kappa shape index (κ2) is 5.00. The van der Waals surface area contributed by atoms with Crippen molar-refractivity contribution >= 4 is 0 Å². The third kappa shape index (κ3) is 2.84. The first kappa shape index (κ1) is 14.1. The molecule has 1 atom stereocenters. The maximum absolute atomic E-state index is 13.7. The van der Waals surface area contributed by atoms with Gasteiger partial charge >= 0.3 is 0 Å². The van der Waals surface area contributed by atoms with Crippen LogP contribution < -0.4 is 0 Å². The summed E-state index contributed by atoms with van der Waals surface area (Å²) in [6.07, 6.45) is 3.21. The average Bonchev–Trinajstić information content (AvgIpc) is 2.34. The molecule has 1 N–H and O–H groups in total. The van der Waals surface area contributed by atoms with E-state index >= 15 is 0 Å². The van der Waals surface area contributed by atoms with Gasteiger partial charge in [-0.2, -0.15) is 0 Å². The number of aliphatic hydroxyl groups excluding tert-OH is 1. The number of halogens is 3. The lowest BCUT2D eigenvalue weighted by Gasteiger charge is -2.29. The summed E-state index contributed by atoms with van der Waals surface area (Å²) in [7, 11) is 0. The van der Waals surface area contributed by atoms with Crippen LogP contribution in [0.1, 0.15) is 44.8 Å². The molecule has 0 radical (unpaired) electrons. The molecule has 1 aliphatic rings. The second-order valence-corrected chi connectivity index (χ2v) is 5.73. The van der Waals surface area contributed by atoms with Crippen molar-refractivity contribution in [1.29, 1.82) is 0 Å². The molecule has 0 aromatic heterocycles. The Morgan fingerprint density at radius 3 is 2.47 bits per heavy atom. The van der Waals surface area contributed by atoms with Gasteiger partial charge in [0, 0.05) is 5.56 Å². The minimum Gasteiger partial charge on any atom is -0.384 e. The van der Waals surface area contributed by atoms with E-state index in [2.05, 4.69) is 0 Å². The van der Waals surface area contributed by atoms with E-state index < -0.39 is 23.6 Å². The predicted octanol–water partition coefficient (Wildman–Crippen LogP) is 4.27. The number of rotatable bonds is 2. The summed E-state index contributed by atoms with van der Waals surface area (Å²) >= 11 is 0. The van der Waals surface area contributed by atoms with Crippen LogP contribution in [0.3, 0.4) is 0 Å². The van der Waals surface area contributed by atoms with Gasteiger partial charge in [0.1, 0.15) is 6.10 Å². The molecule has 4 heteroatoms. The highest BCUT2D eigenvalue weighted by atomic mass is 19.2. The number of aliphatic hydroxyl groups is 1. The van der Waals surface area contributed by atoms with Gasteiger partial charge in [-0.05, 0) is 36.3 Å². The molecule has 1 unspecified atom stereocenters. The van der Waals surface area contributed by atoms with Gasteiger partial charge in [0.2, 0.25) is 0 Å². The Bertz CT molecular complexity index is 520. The van der Waals surface area contributed by atoms with Gasteiger partial charge in [-0.3, -0.25) is 0 Å². The monoisotopic (exact) mass is 270 g/mol. The minimum absolute atomic E-state index is 0.0659. The van der Waals surface area contributed by atoms with Crippen molar-refractivity contribution < 1.29 is 18.3 Å². The van der Waals surface area contributed by atoms with Crippen LogP contribution in [0.5, 0.6) is 0 Å². The highest BCUT2D eigenvalue weighted by Crippen LogP contribution is 2.38. The molecular weight excluding hydrogens is 253 g/mol. The van der Waals surface area contributed by atoms with E-state index in [1.807, 2.05) is 19.9 Å². The van der Waals surface area contributed by atoms with Crippen molar-refractivity contribution in [2.45, 2.75) is 39.2 Å². The van der Waals surface area contributed by atoms with Crippen LogP contribution in [0, 0.1) is 22.9 Å². The van der Waals surface area contributed by atoms with Crippen LogP contribution >= 0.6 is 0 Å². The van der Waals surface area contributed by atoms with Crippen LogP contribution in [0.15, 0.2) is 23.8 Å². The fraction of sp³-hybridized carbons (Fsp3) is 0.467. The van der Waals surface area contributed by atoms with Crippen molar-refractivity contribution in [3.63, 3.8) is 0 Å². The van der Waals surface area contributed by atoms with Gasteiger partial charge in [-0.1, -0.05) is 26.0 Å². The average molecular weight is 270 g/mol. The maximum Gasteiger partial charge on any atom is 0.194 e. The molecule has 1 aromatic carbocycles. The summed E-state index contributed by atoms with van der Waals surface area (Å²) < 4.78 is 39.7. The Hall–Kier alpha value is -1.29. The van der Waals surface area contributed by atoms with Crippen molar-refractivity contribution in [3.05, 3.63) is 46.8 Å². The molecule has 2 rings (SSSR count). The molecule has 0 aliphatic heterocycles. The Labute approximate surface area is 110 Å². The van der Waals surface area contributed by atoms with Gasteiger partial charge < -0.3 is 5.11 Å². The van der Waals surface area contributed by atoms with Crippen molar-refractivity contribution in [2.24, 2.45) is 5.41 Å². The SMILES string of the molecule is CC1(C)C=C(C(O)c2ccc(F)c(F)c2F)CCC1. The molecule has 1 aliphatic carbocycles. The quantitative estimate of drug-likeness (QED) is 0.628. The number of allylic oxidation sites excluding steroid dienone is 1. The van der Waals surface area contributed by atoms with E-state index in [0.717, 1.165) is 25.0 Å². The van der Waals surface area contributed by atoms with Crippen molar-refractivity contribution in [2.75, 3.05) is 0 Å². The minimum atomic E-state index is -1.53. The smallest absolute Gasteiger partial charge is 0.194 e. The first-order valence-electron chi connectivity index (χ1n) is 6.35. The Morgan fingerprint density at radius 1 is 1.16 bits per heavy atom.